The number of nitrogens with zero attached hydrogens (tertiary/aromatic N) is 2. The van der Waals surface area contributed by atoms with E-state index >= 15 is 0 Å². The lowest BCUT2D eigenvalue weighted by Crippen LogP contribution is -2.54. The molecule has 0 saturated carbocycles. The van der Waals surface area contributed by atoms with Crippen molar-refractivity contribution in [1.82, 2.24) is 4.90 Å². The van der Waals surface area contributed by atoms with Gasteiger partial charge in [0.15, 0.2) is 0 Å². The van der Waals surface area contributed by atoms with Crippen LogP contribution in [0.25, 0.3) is 0 Å². The van der Waals surface area contributed by atoms with E-state index in [1.165, 1.54) is 25.0 Å². The zero-order valence-corrected chi connectivity index (χ0v) is 13.8. The van der Waals surface area contributed by atoms with Crippen LogP contribution in [0.5, 0.6) is 0 Å². The highest BCUT2D eigenvalue weighted by Gasteiger charge is 2.48. The number of piperidine rings is 1. The van der Waals surface area contributed by atoms with Gasteiger partial charge in [-0.2, -0.15) is 0 Å². The molecule has 2 aliphatic rings. The quantitative estimate of drug-likeness (QED) is 0.782. The minimum atomic E-state index is -0.269. The molecule has 5 heteroatoms. The van der Waals surface area contributed by atoms with Crippen LogP contribution in [-0.4, -0.2) is 49.7 Å². The smallest absolute Gasteiger partial charge is 0.228 e. The van der Waals surface area contributed by atoms with E-state index in [1.807, 2.05) is 4.90 Å². The van der Waals surface area contributed by atoms with Crippen molar-refractivity contribution in [2.45, 2.75) is 37.6 Å². The van der Waals surface area contributed by atoms with E-state index in [2.05, 4.69) is 4.90 Å². The van der Waals surface area contributed by atoms with Crippen molar-refractivity contribution in [3.63, 3.8) is 0 Å². The number of carbonyl (C=O) groups is 1. The van der Waals surface area contributed by atoms with E-state index < -0.39 is 0 Å². The molecule has 23 heavy (non-hydrogen) atoms. The van der Waals surface area contributed by atoms with Crippen molar-refractivity contribution >= 4 is 11.6 Å². The summed E-state index contributed by atoms with van der Waals surface area (Å²) in [4.78, 5) is 16.9. The average Bonchev–Trinajstić information content (AvgIpc) is 2.87. The molecule has 0 radical (unpaired) electrons. The average molecular weight is 320 g/mol. The molecule has 0 N–H and O–H groups in total. The van der Waals surface area contributed by atoms with Crippen LogP contribution in [0.2, 0.25) is 0 Å². The lowest BCUT2D eigenvalue weighted by Gasteiger charge is -2.44. The molecule has 1 aromatic rings. The molecule has 2 aliphatic heterocycles. The minimum Gasteiger partial charge on any atom is -0.385 e. The Kier molecular flexibility index (Phi) is 4.97. The Balaban J connectivity index is 1.75. The van der Waals surface area contributed by atoms with Crippen molar-refractivity contribution in [3.8, 4) is 0 Å². The third-order valence-electron chi connectivity index (χ3n) is 5.14. The molecule has 0 aliphatic carbocycles. The number of anilines is 1. The maximum atomic E-state index is 13.1. The zero-order chi connectivity index (χ0) is 16.3. The van der Waals surface area contributed by atoms with Crippen LogP contribution in [-0.2, 0) is 9.53 Å². The normalized spacial score (nSPS) is 25.5. The summed E-state index contributed by atoms with van der Waals surface area (Å²) in [5, 5.41) is 0. The molecule has 2 saturated heterocycles. The number of halogens is 1. The largest absolute Gasteiger partial charge is 0.385 e. The highest BCUT2D eigenvalue weighted by molar-refractivity contribution is 5.97. The van der Waals surface area contributed by atoms with Crippen molar-refractivity contribution in [3.05, 3.63) is 30.1 Å². The Morgan fingerprint density at radius 1 is 1.26 bits per heavy atom. The summed E-state index contributed by atoms with van der Waals surface area (Å²) in [7, 11) is 1.72. The molecule has 0 bridgehead atoms. The summed E-state index contributed by atoms with van der Waals surface area (Å²) in [5.41, 5.74) is 0.743. The van der Waals surface area contributed by atoms with Gasteiger partial charge < -0.3 is 9.64 Å². The molecule has 2 fully saturated rings. The van der Waals surface area contributed by atoms with Crippen LogP contribution >= 0.6 is 0 Å². The molecular formula is C18H25FN2O2. The predicted octanol–water partition coefficient (Wildman–Crippen LogP) is 2.82. The standard InChI is InChI=1S/C18H25FN2O2/c1-23-12-4-11-20-10-3-2-9-18(20)13-17(22)21(14-18)16-7-5-15(19)6-8-16/h5-8H,2-4,9-14H2,1H3. The molecule has 1 atom stereocenters. The maximum absolute atomic E-state index is 13.1. The fraction of sp³-hybridized carbons (Fsp3) is 0.611. The van der Waals surface area contributed by atoms with Crippen LogP contribution in [0.1, 0.15) is 32.1 Å². The van der Waals surface area contributed by atoms with E-state index in [1.54, 1.807) is 19.2 Å². The Hall–Kier alpha value is -1.46. The third kappa shape index (κ3) is 3.40. The fourth-order valence-corrected chi connectivity index (χ4v) is 3.95. The molecule has 1 spiro atoms. The van der Waals surface area contributed by atoms with Crippen molar-refractivity contribution in [2.24, 2.45) is 0 Å². The second-order valence-corrected chi connectivity index (χ2v) is 6.65. The van der Waals surface area contributed by atoms with Crippen molar-refractivity contribution in [1.29, 1.82) is 0 Å². The molecule has 1 aromatic carbocycles. The Labute approximate surface area is 137 Å². The van der Waals surface area contributed by atoms with Gasteiger partial charge in [-0.25, -0.2) is 4.39 Å². The number of ether oxygens (including phenoxy) is 1. The monoisotopic (exact) mass is 320 g/mol. The SMILES string of the molecule is COCCCN1CCCCC12CC(=O)N(c1ccc(F)cc1)C2. The fourth-order valence-electron chi connectivity index (χ4n) is 3.95. The van der Waals surface area contributed by atoms with Gasteiger partial charge in [0.2, 0.25) is 5.91 Å². The van der Waals surface area contributed by atoms with Gasteiger partial charge in [0.25, 0.3) is 0 Å². The van der Waals surface area contributed by atoms with Crippen molar-refractivity contribution in [2.75, 3.05) is 38.3 Å². The van der Waals surface area contributed by atoms with Crippen LogP contribution < -0.4 is 4.90 Å². The molecule has 1 unspecified atom stereocenters. The Bertz CT molecular complexity index is 548. The van der Waals surface area contributed by atoms with Crippen LogP contribution in [0, 0.1) is 5.82 Å². The number of rotatable bonds is 5. The summed E-state index contributed by atoms with van der Waals surface area (Å²) in [5.74, 6) is -0.121. The number of hydrogen-bond donors (Lipinski definition) is 0. The molecule has 126 valence electrons. The number of methoxy groups -OCH3 is 1. The van der Waals surface area contributed by atoms with Gasteiger partial charge in [-0.1, -0.05) is 6.42 Å². The number of benzene rings is 1. The summed E-state index contributed by atoms with van der Waals surface area (Å²) >= 11 is 0. The first kappa shape index (κ1) is 16.4. The summed E-state index contributed by atoms with van der Waals surface area (Å²) in [6, 6.07) is 6.24. The van der Waals surface area contributed by atoms with Crippen LogP contribution in [0.15, 0.2) is 24.3 Å². The maximum Gasteiger partial charge on any atom is 0.228 e. The number of amides is 1. The van der Waals surface area contributed by atoms with E-state index in [9.17, 15) is 9.18 Å². The van der Waals surface area contributed by atoms with Crippen molar-refractivity contribution < 1.29 is 13.9 Å². The van der Waals surface area contributed by atoms with Gasteiger partial charge in [-0.15, -0.1) is 0 Å². The van der Waals surface area contributed by atoms with Gasteiger partial charge >= 0.3 is 0 Å². The van der Waals surface area contributed by atoms with E-state index in [-0.39, 0.29) is 17.3 Å². The summed E-state index contributed by atoms with van der Waals surface area (Å²) < 4.78 is 18.3. The van der Waals surface area contributed by atoms with E-state index in [0.717, 1.165) is 38.2 Å². The Morgan fingerprint density at radius 3 is 2.78 bits per heavy atom. The highest BCUT2D eigenvalue weighted by Crippen LogP contribution is 2.39. The molecule has 4 nitrogen and oxygen atoms in total. The minimum absolute atomic E-state index is 0.0581. The second kappa shape index (κ2) is 6.97. The Morgan fingerprint density at radius 2 is 2.04 bits per heavy atom. The molecular weight excluding hydrogens is 295 g/mol. The molecule has 2 heterocycles. The number of likely N-dealkylation sites (tertiary alicyclic amines) is 1. The molecule has 1 amide bonds. The van der Waals surface area contributed by atoms with Gasteiger partial charge in [0.1, 0.15) is 5.82 Å². The predicted molar refractivity (Wildman–Crippen MR) is 88.0 cm³/mol. The summed E-state index contributed by atoms with van der Waals surface area (Å²) in [6.07, 6.45) is 4.98. The topological polar surface area (TPSA) is 32.8 Å². The van der Waals surface area contributed by atoms with Gasteiger partial charge in [-0.05, 0) is 50.1 Å². The number of hydrogen-bond acceptors (Lipinski definition) is 3. The van der Waals surface area contributed by atoms with Crippen LogP contribution in [0.3, 0.4) is 0 Å². The van der Waals surface area contributed by atoms with E-state index in [4.69, 9.17) is 4.74 Å². The van der Waals surface area contributed by atoms with Crippen LogP contribution in [0.4, 0.5) is 10.1 Å². The summed E-state index contributed by atoms with van der Waals surface area (Å²) in [6.45, 7) is 3.49. The van der Waals surface area contributed by atoms with Gasteiger partial charge in [0.05, 0.1) is 0 Å². The first-order valence-electron chi connectivity index (χ1n) is 8.45. The first-order chi connectivity index (χ1) is 11.1. The highest BCUT2D eigenvalue weighted by atomic mass is 19.1. The third-order valence-corrected chi connectivity index (χ3v) is 5.14. The second-order valence-electron chi connectivity index (χ2n) is 6.65. The van der Waals surface area contributed by atoms with Gasteiger partial charge in [-0.3, -0.25) is 9.69 Å². The molecule has 3 rings (SSSR count). The lowest BCUT2D eigenvalue weighted by molar-refractivity contribution is -0.118. The zero-order valence-electron chi connectivity index (χ0n) is 13.8. The molecule has 0 aromatic heterocycles. The first-order valence-corrected chi connectivity index (χ1v) is 8.45. The van der Waals surface area contributed by atoms with E-state index in [0.29, 0.717) is 13.0 Å². The van der Waals surface area contributed by atoms with Gasteiger partial charge in [0, 0.05) is 44.5 Å². The lowest BCUT2D eigenvalue weighted by atomic mass is 9.85. The number of carbonyl (C=O) groups excluding carboxylic acids is 1.